The normalized spacial score (nSPS) is 18.0. The molecule has 2 aliphatic heterocycles. The molecule has 0 aromatic heterocycles. The number of anilines is 1. The monoisotopic (exact) mass is 400 g/mol. The summed E-state index contributed by atoms with van der Waals surface area (Å²) in [6, 6.07) is 4.07. The lowest BCUT2D eigenvalue weighted by Crippen LogP contribution is -2.35. The summed E-state index contributed by atoms with van der Waals surface area (Å²) in [6.07, 6.45) is 2.59. The molecule has 27 heavy (non-hydrogen) atoms. The number of amides is 1. The predicted molar refractivity (Wildman–Crippen MR) is 103 cm³/mol. The average molecular weight is 401 g/mol. The molecule has 1 saturated heterocycles. The summed E-state index contributed by atoms with van der Waals surface area (Å²) in [7, 11) is 0. The number of rotatable bonds is 7. The smallest absolute Gasteiger partial charge is 0.370 e. The van der Waals surface area contributed by atoms with Gasteiger partial charge in [-0.25, -0.2) is 0 Å². The lowest BCUT2D eigenvalue weighted by atomic mass is 10.1. The van der Waals surface area contributed by atoms with Crippen molar-refractivity contribution >= 4 is 23.4 Å². The van der Waals surface area contributed by atoms with E-state index in [0.29, 0.717) is 6.42 Å². The standard InChI is InChI=1S/C20H27F3N2OS/c21-20(22,23)16-8-9-18-17(15-16)24(13-14-27-18)10-4-1-2-5-11-25-12-6-3-7-19(25)26/h8-9,15H,1-7,10-14H2. The van der Waals surface area contributed by atoms with Crippen LogP contribution in [0.3, 0.4) is 0 Å². The molecule has 0 radical (unpaired) electrons. The zero-order chi connectivity index (χ0) is 19.3. The van der Waals surface area contributed by atoms with Crippen molar-refractivity contribution in [3.8, 4) is 0 Å². The van der Waals surface area contributed by atoms with Crippen LogP contribution in [0.1, 0.15) is 50.5 Å². The third-order valence-electron chi connectivity index (χ3n) is 5.27. The van der Waals surface area contributed by atoms with Gasteiger partial charge >= 0.3 is 6.18 Å². The van der Waals surface area contributed by atoms with Gasteiger partial charge < -0.3 is 9.80 Å². The van der Waals surface area contributed by atoms with E-state index in [-0.39, 0.29) is 5.91 Å². The van der Waals surface area contributed by atoms with E-state index < -0.39 is 11.7 Å². The number of halogens is 3. The molecule has 0 saturated carbocycles. The highest BCUT2D eigenvalue weighted by Crippen LogP contribution is 2.39. The molecule has 0 atom stereocenters. The van der Waals surface area contributed by atoms with Gasteiger partial charge in [0.05, 0.1) is 11.3 Å². The van der Waals surface area contributed by atoms with Crippen LogP contribution in [0.4, 0.5) is 18.9 Å². The van der Waals surface area contributed by atoms with Crippen molar-refractivity contribution in [1.29, 1.82) is 0 Å². The van der Waals surface area contributed by atoms with Gasteiger partial charge in [-0.15, -0.1) is 11.8 Å². The predicted octanol–water partition coefficient (Wildman–Crippen LogP) is 5.19. The molecule has 3 nitrogen and oxygen atoms in total. The fourth-order valence-corrected chi connectivity index (χ4v) is 4.77. The van der Waals surface area contributed by atoms with Crippen molar-refractivity contribution in [3.05, 3.63) is 23.8 Å². The van der Waals surface area contributed by atoms with Gasteiger partial charge in [-0.3, -0.25) is 4.79 Å². The number of hydrogen-bond acceptors (Lipinski definition) is 3. The van der Waals surface area contributed by atoms with E-state index in [2.05, 4.69) is 4.90 Å². The highest BCUT2D eigenvalue weighted by Gasteiger charge is 2.32. The maximum Gasteiger partial charge on any atom is 0.416 e. The Balaban J connectivity index is 1.43. The summed E-state index contributed by atoms with van der Waals surface area (Å²) in [6.45, 7) is 3.32. The molecule has 0 spiro atoms. The molecule has 1 fully saturated rings. The number of benzene rings is 1. The molecule has 150 valence electrons. The first-order chi connectivity index (χ1) is 12.9. The molecule has 3 rings (SSSR count). The number of carbonyl (C=O) groups is 1. The number of hydrogen-bond donors (Lipinski definition) is 0. The van der Waals surface area contributed by atoms with Crippen LogP contribution in [-0.2, 0) is 11.0 Å². The van der Waals surface area contributed by atoms with Gasteiger partial charge in [0.1, 0.15) is 0 Å². The Kier molecular flexibility index (Phi) is 6.95. The van der Waals surface area contributed by atoms with E-state index in [1.807, 2.05) is 4.90 Å². The number of thioether (sulfide) groups is 1. The minimum atomic E-state index is -4.30. The van der Waals surface area contributed by atoms with Crippen LogP contribution in [0.2, 0.25) is 0 Å². The second-order valence-electron chi connectivity index (χ2n) is 7.27. The van der Waals surface area contributed by atoms with Crippen LogP contribution < -0.4 is 4.90 Å². The van der Waals surface area contributed by atoms with Crippen LogP contribution in [0.5, 0.6) is 0 Å². The van der Waals surface area contributed by atoms with Gasteiger partial charge in [-0.05, 0) is 43.9 Å². The molecule has 1 amide bonds. The summed E-state index contributed by atoms with van der Waals surface area (Å²) in [5.41, 5.74) is 0.153. The van der Waals surface area contributed by atoms with Gasteiger partial charge in [0.15, 0.2) is 0 Å². The topological polar surface area (TPSA) is 23.6 Å². The van der Waals surface area contributed by atoms with Crippen LogP contribution in [-0.4, -0.2) is 42.7 Å². The van der Waals surface area contributed by atoms with E-state index >= 15 is 0 Å². The first kappa shape index (κ1) is 20.4. The molecule has 0 N–H and O–H groups in total. The lowest BCUT2D eigenvalue weighted by Gasteiger charge is -2.31. The Hall–Kier alpha value is -1.37. The number of piperidine rings is 1. The zero-order valence-corrected chi connectivity index (χ0v) is 16.4. The quantitative estimate of drug-likeness (QED) is 0.589. The molecule has 0 aliphatic carbocycles. The lowest BCUT2D eigenvalue weighted by molar-refractivity contribution is -0.137. The largest absolute Gasteiger partial charge is 0.416 e. The van der Waals surface area contributed by atoms with E-state index in [1.165, 1.54) is 12.1 Å². The van der Waals surface area contributed by atoms with Crippen molar-refractivity contribution in [2.45, 2.75) is 56.0 Å². The fourth-order valence-electron chi connectivity index (χ4n) is 3.74. The number of carbonyl (C=O) groups excluding carboxylic acids is 1. The second kappa shape index (κ2) is 9.22. The number of likely N-dealkylation sites (tertiary alicyclic amines) is 1. The first-order valence-corrected chi connectivity index (χ1v) is 10.8. The Morgan fingerprint density at radius 2 is 1.70 bits per heavy atom. The van der Waals surface area contributed by atoms with E-state index in [4.69, 9.17) is 0 Å². The maximum atomic E-state index is 13.0. The van der Waals surface area contributed by atoms with Crippen LogP contribution >= 0.6 is 11.8 Å². The molecule has 1 aromatic rings. The first-order valence-electron chi connectivity index (χ1n) is 9.82. The highest BCUT2D eigenvalue weighted by molar-refractivity contribution is 7.99. The van der Waals surface area contributed by atoms with Gasteiger partial charge in [-0.1, -0.05) is 12.8 Å². The maximum absolute atomic E-state index is 13.0. The Morgan fingerprint density at radius 1 is 0.963 bits per heavy atom. The van der Waals surface area contributed by atoms with Crippen LogP contribution in [0, 0.1) is 0 Å². The number of unbranched alkanes of at least 4 members (excludes halogenated alkanes) is 3. The minimum absolute atomic E-state index is 0.282. The third-order valence-corrected chi connectivity index (χ3v) is 6.32. The molecule has 0 bridgehead atoms. The minimum Gasteiger partial charge on any atom is -0.370 e. The number of fused-ring (bicyclic) bond motifs is 1. The molecule has 0 unspecified atom stereocenters. The third kappa shape index (κ3) is 5.56. The summed E-state index contributed by atoms with van der Waals surface area (Å²) >= 11 is 1.63. The van der Waals surface area contributed by atoms with Crippen LogP contribution in [0.25, 0.3) is 0 Å². The van der Waals surface area contributed by atoms with Crippen molar-refractivity contribution in [2.24, 2.45) is 0 Å². The molecule has 1 aromatic carbocycles. The summed E-state index contributed by atoms with van der Waals surface area (Å²) in [5, 5.41) is 0. The van der Waals surface area contributed by atoms with E-state index in [0.717, 1.165) is 81.0 Å². The molecule has 7 heteroatoms. The second-order valence-corrected chi connectivity index (χ2v) is 8.40. The Morgan fingerprint density at radius 3 is 2.41 bits per heavy atom. The van der Waals surface area contributed by atoms with Gasteiger partial charge in [0.25, 0.3) is 0 Å². The average Bonchev–Trinajstić information content (AvgIpc) is 2.65. The summed E-state index contributed by atoms with van der Waals surface area (Å²) in [5.74, 6) is 1.19. The Labute approximate surface area is 163 Å². The van der Waals surface area contributed by atoms with E-state index in [1.54, 1.807) is 17.8 Å². The Bertz CT molecular complexity index is 651. The fraction of sp³-hybridized carbons (Fsp3) is 0.650. The van der Waals surface area contributed by atoms with Crippen molar-refractivity contribution in [1.82, 2.24) is 4.90 Å². The molecule has 2 aliphatic rings. The SMILES string of the molecule is O=C1CCCCN1CCCCCCN1CCSc2ccc(C(F)(F)F)cc21. The summed E-state index contributed by atoms with van der Waals surface area (Å²) in [4.78, 5) is 16.8. The zero-order valence-electron chi connectivity index (χ0n) is 15.6. The number of nitrogens with zero attached hydrogens (tertiary/aromatic N) is 2. The van der Waals surface area contributed by atoms with Crippen molar-refractivity contribution in [2.75, 3.05) is 36.8 Å². The van der Waals surface area contributed by atoms with Gasteiger partial charge in [0, 0.05) is 43.2 Å². The van der Waals surface area contributed by atoms with E-state index in [9.17, 15) is 18.0 Å². The van der Waals surface area contributed by atoms with Crippen LogP contribution in [0.15, 0.2) is 23.1 Å². The highest BCUT2D eigenvalue weighted by atomic mass is 32.2. The molecular formula is C20H27F3N2OS. The van der Waals surface area contributed by atoms with Crippen molar-refractivity contribution < 1.29 is 18.0 Å². The molecule has 2 heterocycles. The van der Waals surface area contributed by atoms with Crippen molar-refractivity contribution in [3.63, 3.8) is 0 Å². The molecular weight excluding hydrogens is 373 g/mol. The number of alkyl halides is 3. The summed E-state index contributed by atoms with van der Waals surface area (Å²) < 4.78 is 39.0. The van der Waals surface area contributed by atoms with Gasteiger partial charge in [0.2, 0.25) is 5.91 Å². The van der Waals surface area contributed by atoms with Gasteiger partial charge in [-0.2, -0.15) is 13.2 Å².